The van der Waals surface area contributed by atoms with Gasteiger partial charge in [-0.1, -0.05) is 17.2 Å². The largest absolute Gasteiger partial charge is 0.353 e. The van der Waals surface area contributed by atoms with Crippen molar-refractivity contribution in [2.24, 2.45) is 0 Å². The molecule has 88 valence electrons. The second kappa shape index (κ2) is 3.80. The van der Waals surface area contributed by atoms with Crippen molar-refractivity contribution in [3.05, 3.63) is 35.1 Å². The quantitative estimate of drug-likeness (QED) is 0.811. The monoisotopic (exact) mass is 233 g/mol. The Morgan fingerprint density at radius 2 is 2.35 bits per heavy atom. The SMILES string of the molecule is Cc1ccc(C2CCNc3nnnn32)cc1F. The van der Waals surface area contributed by atoms with E-state index in [1.807, 2.05) is 6.07 Å². The lowest BCUT2D eigenvalue weighted by Gasteiger charge is -2.23. The first-order valence-electron chi connectivity index (χ1n) is 5.53. The maximum atomic E-state index is 13.6. The molecular weight excluding hydrogens is 221 g/mol. The molecule has 1 atom stereocenters. The minimum Gasteiger partial charge on any atom is -0.353 e. The van der Waals surface area contributed by atoms with Gasteiger partial charge in [0.05, 0.1) is 6.04 Å². The molecule has 6 heteroatoms. The van der Waals surface area contributed by atoms with Gasteiger partial charge >= 0.3 is 0 Å². The Labute approximate surface area is 97.6 Å². The van der Waals surface area contributed by atoms with E-state index in [4.69, 9.17) is 0 Å². The van der Waals surface area contributed by atoms with E-state index in [0.717, 1.165) is 18.5 Å². The Balaban J connectivity index is 2.03. The fourth-order valence-corrected chi connectivity index (χ4v) is 2.09. The highest BCUT2D eigenvalue weighted by atomic mass is 19.1. The maximum Gasteiger partial charge on any atom is 0.243 e. The number of fused-ring (bicyclic) bond motifs is 1. The predicted octanol–water partition coefficient (Wildman–Crippen LogP) is 1.53. The van der Waals surface area contributed by atoms with Crippen LogP contribution >= 0.6 is 0 Å². The van der Waals surface area contributed by atoms with Crippen LogP contribution in [0.25, 0.3) is 0 Å². The van der Waals surface area contributed by atoms with Gasteiger partial charge in [0.1, 0.15) is 5.82 Å². The third-order valence-corrected chi connectivity index (χ3v) is 3.07. The van der Waals surface area contributed by atoms with Crippen molar-refractivity contribution >= 4 is 5.95 Å². The summed E-state index contributed by atoms with van der Waals surface area (Å²) >= 11 is 0. The third kappa shape index (κ3) is 1.65. The highest BCUT2D eigenvalue weighted by Crippen LogP contribution is 2.27. The molecule has 2 aromatic rings. The predicted molar refractivity (Wildman–Crippen MR) is 60.2 cm³/mol. The molecule has 0 bridgehead atoms. The van der Waals surface area contributed by atoms with Crippen LogP contribution < -0.4 is 5.32 Å². The Kier molecular flexibility index (Phi) is 2.28. The van der Waals surface area contributed by atoms with Gasteiger partial charge in [0.15, 0.2) is 0 Å². The zero-order chi connectivity index (χ0) is 11.8. The molecule has 0 aliphatic carbocycles. The van der Waals surface area contributed by atoms with E-state index in [-0.39, 0.29) is 11.9 Å². The lowest BCUT2D eigenvalue weighted by atomic mass is 10.0. The molecule has 1 aromatic heterocycles. The molecule has 0 saturated heterocycles. The van der Waals surface area contributed by atoms with E-state index in [1.165, 1.54) is 0 Å². The Morgan fingerprint density at radius 1 is 1.47 bits per heavy atom. The molecule has 1 unspecified atom stereocenters. The van der Waals surface area contributed by atoms with Crippen LogP contribution in [0.2, 0.25) is 0 Å². The highest BCUT2D eigenvalue weighted by Gasteiger charge is 2.23. The second-order valence-corrected chi connectivity index (χ2v) is 4.19. The number of hydrogen-bond donors (Lipinski definition) is 1. The van der Waals surface area contributed by atoms with Gasteiger partial charge in [-0.05, 0) is 41.0 Å². The van der Waals surface area contributed by atoms with Crippen LogP contribution in [-0.2, 0) is 0 Å². The molecule has 0 spiro atoms. The summed E-state index contributed by atoms with van der Waals surface area (Å²) in [7, 11) is 0. The standard InChI is InChI=1S/C11H12FN5/c1-7-2-3-8(6-9(7)12)10-4-5-13-11-14-15-16-17(10)11/h2-3,6,10H,4-5H2,1H3,(H,13,14,16). The van der Waals surface area contributed by atoms with Crippen molar-refractivity contribution in [3.8, 4) is 0 Å². The molecule has 17 heavy (non-hydrogen) atoms. The second-order valence-electron chi connectivity index (χ2n) is 4.19. The van der Waals surface area contributed by atoms with Crippen molar-refractivity contribution in [3.63, 3.8) is 0 Å². The van der Waals surface area contributed by atoms with Crippen LogP contribution in [0.5, 0.6) is 0 Å². The van der Waals surface area contributed by atoms with E-state index >= 15 is 0 Å². The molecule has 0 fully saturated rings. The number of anilines is 1. The molecule has 1 aliphatic heterocycles. The minimum atomic E-state index is -0.185. The lowest BCUT2D eigenvalue weighted by Crippen LogP contribution is -2.24. The molecule has 0 radical (unpaired) electrons. The van der Waals surface area contributed by atoms with Gasteiger partial charge in [-0.3, -0.25) is 0 Å². The van der Waals surface area contributed by atoms with Crippen molar-refractivity contribution in [1.29, 1.82) is 0 Å². The number of halogens is 1. The molecule has 1 aromatic carbocycles. The summed E-state index contributed by atoms with van der Waals surface area (Å²) in [5.74, 6) is 0.456. The number of aryl methyl sites for hydroxylation is 1. The number of nitrogens with one attached hydrogen (secondary N) is 1. The first-order valence-corrected chi connectivity index (χ1v) is 5.53. The molecule has 1 aliphatic rings. The van der Waals surface area contributed by atoms with Crippen molar-refractivity contribution in [2.45, 2.75) is 19.4 Å². The average molecular weight is 233 g/mol. The van der Waals surface area contributed by atoms with Crippen molar-refractivity contribution in [2.75, 3.05) is 11.9 Å². The number of aromatic nitrogens is 4. The number of benzene rings is 1. The van der Waals surface area contributed by atoms with Crippen LogP contribution in [0.3, 0.4) is 0 Å². The maximum absolute atomic E-state index is 13.6. The smallest absolute Gasteiger partial charge is 0.243 e. The first kappa shape index (κ1) is 10.2. The summed E-state index contributed by atoms with van der Waals surface area (Å²) in [4.78, 5) is 0. The van der Waals surface area contributed by atoms with E-state index in [2.05, 4.69) is 20.8 Å². The van der Waals surface area contributed by atoms with E-state index in [1.54, 1.807) is 23.7 Å². The van der Waals surface area contributed by atoms with Gasteiger partial charge in [-0.15, -0.1) is 0 Å². The van der Waals surface area contributed by atoms with Crippen molar-refractivity contribution in [1.82, 2.24) is 20.2 Å². The summed E-state index contributed by atoms with van der Waals surface area (Å²) in [5.41, 5.74) is 1.56. The fourth-order valence-electron chi connectivity index (χ4n) is 2.09. The minimum absolute atomic E-state index is 0.0105. The van der Waals surface area contributed by atoms with Gasteiger partial charge in [0.25, 0.3) is 0 Å². The summed E-state index contributed by atoms with van der Waals surface area (Å²) in [5, 5.41) is 14.5. The molecular formula is C11H12FN5. The zero-order valence-corrected chi connectivity index (χ0v) is 9.39. The van der Waals surface area contributed by atoms with Crippen LogP contribution in [0.15, 0.2) is 18.2 Å². The molecule has 0 amide bonds. The Bertz CT molecular complexity index is 551. The third-order valence-electron chi connectivity index (χ3n) is 3.07. The number of hydrogen-bond acceptors (Lipinski definition) is 4. The molecule has 1 N–H and O–H groups in total. The van der Waals surface area contributed by atoms with Crippen molar-refractivity contribution < 1.29 is 4.39 Å². The number of rotatable bonds is 1. The van der Waals surface area contributed by atoms with Crippen LogP contribution in [0.4, 0.5) is 10.3 Å². The van der Waals surface area contributed by atoms with E-state index < -0.39 is 0 Å². The summed E-state index contributed by atoms with van der Waals surface area (Å²) in [6.45, 7) is 2.55. The number of nitrogens with zero attached hydrogens (tertiary/aromatic N) is 4. The van der Waals surface area contributed by atoms with Crippen LogP contribution in [-0.4, -0.2) is 26.8 Å². The van der Waals surface area contributed by atoms with Crippen LogP contribution in [0.1, 0.15) is 23.6 Å². The van der Waals surface area contributed by atoms with Gasteiger partial charge in [0, 0.05) is 6.54 Å². The molecule has 2 heterocycles. The zero-order valence-electron chi connectivity index (χ0n) is 9.39. The lowest BCUT2D eigenvalue weighted by molar-refractivity contribution is 0.466. The molecule has 3 rings (SSSR count). The van der Waals surface area contributed by atoms with E-state index in [9.17, 15) is 4.39 Å². The topological polar surface area (TPSA) is 55.6 Å². The van der Waals surface area contributed by atoms with Gasteiger partial charge in [-0.2, -0.15) is 0 Å². The Hall–Kier alpha value is -1.98. The normalized spacial score (nSPS) is 18.6. The van der Waals surface area contributed by atoms with E-state index in [0.29, 0.717) is 11.5 Å². The fraction of sp³-hybridized carbons (Fsp3) is 0.364. The first-order chi connectivity index (χ1) is 8.25. The number of tetrazole rings is 1. The summed E-state index contributed by atoms with van der Waals surface area (Å²) in [6.07, 6.45) is 0.848. The average Bonchev–Trinajstić information content (AvgIpc) is 2.80. The highest BCUT2D eigenvalue weighted by molar-refractivity contribution is 5.32. The van der Waals surface area contributed by atoms with Gasteiger partial charge < -0.3 is 5.32 Å². The van der Waals surface area contributed by atoms with Crippen LogP contribution in [0, 0.1) is 12.7 Å². The Morgan fingerprint density at radius 3 is 3.18 bits per heavy atom. The molecule has 0 saturated carbocycles. The van der Waals surface area contributed by atoms with Gasteiger partial charge in [-0.25, -0.2) is 9.07 Å². The molecule has 5 nitrogen and oxygen atoms in total. The summed E-state index contributed by atoms with van der Waals surface area (Å²) < 4.78 is 15.3. The summed E-state index contributed by atoms with van der Waals surface area (Å²) in [6, 6.07) is 5.30. The van der Waals surface area contributed by atoms with Gasteiger partial charge in [0.2, 0.25) is 5.95 Å².